The summed E-state index contributed by atoms with van der Waals surface area (Å²) in [6.45, 7) is 4.49. The highest BCUT2D eigenvalue weighted by Crippen LogP contribution is 2.30. The van der Waals surface area contributed by atoms with E-state index >= 15 is 0 Å². The Balaban J connectivity index is 1.38. The highest BCUT2D eigenvalue weighted by Gasteiger charge is 2.33. The van der Waals surface area contributed by atoms with Crippen LogP contribution in [0.25, 0.3) is 10.2 Å². The zero-order valence-corrected chi connectivity index (χ0v) is 19.2. The maximum atomic E-state index is 12.9. The summed E-state index contributed by atoms with van der Waals surface area (Å²) in [7, 11) is -2.05. The van der Waals surface area contributed by atoms with Crippen molar-refractivity contribution in [1.29, 1.82) is 0 Å². The summed E-state index contributed by atoms with van der Waals surface area (Å²) >= 11 is 1.39. The molecule has 1 amide bonds. The monoisotopic (exact) mass is 463 g/mol. The molecule has 1 N–H and O–H groups in total. The van der Waals surface area contributed by atoms with Gasteiger partial charge in [0.1, 0.15) is 5.75 Å². The molecule has 9 nitrogen and oxygen atoms in total. The van der Waals surface area contributed by atoms with Crippen LogP contribution >= 0.6 is 11.3 Å². The van der Waals surface area contributed by atoms with Gasteiger partial charge in [-0.2, -0.15) is 4.31 Å². The van der Waals surface area contributed by atoms with Gasteiger partial charge in [-0.15, -0.1) is 0 Å². The van der Waals surface area contributed by atoms with Crippen LogP contribution in [-0.2, 0) is 14.8 Å². The fourth-order valence-corrected chi connectivity index (χ4v) is 5.81. The molecule has 0 bridgehead atoms. The van der Waals surface area contributed by atoms with Crippen molar-refractivity contribution in [3.05, 3.63) is 30.7 Å². The van der Waals surface area contributed by atoms with Crippen LogP contribution in [0, 0.1) is 5.92 Å². The van der Waals surface area contributed by atoms with Crippen LogP contribution < -0.4 is 10.1 Å². The van der Waals surface area contributed by atoms with Crippen molar-refractivity contribution >= 4 is 42.6 Å². The SMILES string of the molecule is COc1ccc2nc(NC(=O)C3CCN(S(=O)(=O)c4cn(C(C)C)cn4)CC3)sc2c1. The predicted octanol–water partition coefficient (Wildman–Crippen LogP) is 3.12. The highest BCUT2D eigenvalue weighted by atomic mass is 32.2. The second kappa shape index (κ2) is 8.56. The Hall–Kier alpha value is -2.50. The van der Waals surface area contributed by atoms with Crippen molar-refractivity contribution in [2.24, 2.45) is 5.92 Å². The minimum absolute atomic E-state index is 0.0500. The number of rotatable bonds is 6. The fourth-order valence-electron chi connectivity index (χ4n) is 3.52. The molecule has 0 unspecified atom stereocenters. The average Bonchev–Trinajstić information content (AvgIpc) is 3.40. The Morgan fingerprint density at radius 3 is 2.68 bits per heavy atom. The molecule has 2 aromatic heterocycles. The molecule has 31 heavy (non-hydrogen) atoms. The molecule has 3 heterocycles. The lowest BCUT2D eigenvalue weighted by atomic mass is 9.97. The Labute approximate surface area is 185 Å². The van der Waals surface area contributed by atoms with Gasteiger partial charge in [-0.25, -0.2) is 18.4 Å². The van der Waals surface area contributed by atoms with Gasteiger partial charge in [-0.3, -0.25) is 4.79 Å². The number of piperidine rings is 1. The van der Waals surface area contributed by atoms with Crippen LogP contribution in [0.15, 0.2) is 35.7 Å². The molecule has 166 valence electrons. The quantitative estimate of drug-likeness (QED) is 0.602. The fraction of sp³-hybridized carbons (Fsp3) is 0.450. The molecule has 0 aliphatic carbocycles. The number of thiazole rings is 1. The third-order valence-electron chi connectivity index (χ3n) is 5.43. The topological polar surface area (TPSA) is 106 Å². The number of carbonyl (C=O) groups excluding carboxylic acids is 1. The number of carbonyl (C=O) groups is 1. The molecular formula is C20H25N5O4S2. The molecule has 0 saturated carbocycles. The van der Waals surface area contributed by atoms with Gasteiger partial charge in [-0.05, 0) is 44.9 Å². The Bertz CT molecular complexity index is 1190. The number of amides is 1. The number of methoxy groups -OCH3 is 1. The molecule has 4 rings (SSSR count). The van der Waals surface area contributed by atoms with E-state index in [9.17, 15) is 13.2 Å². The van der Waals surface area contributed by atoms with Gasteiger partial charge in [0.15, 0.2) is 10.2 Å². The average molecular weight is 464 g/mol. The number of imidazole rings is 1. The molecule has 1 saturated heterocycles. The van der Waals surface area contributed by atoms with E-state index in [1.807, 2.05) is 32.0 Å². The molecule has 0 radical (unpaired) electrons. The first-order chi connectivity index (χ1) is 14.8. The largest absolute Gasteiger partial charge is 0.497 e. The number of sulfonamides is 1. The molecule has 1 aliphatic rings. The van der Waals surface area contributed by atoms with E-state index in [4.69, 9.17) is 4.74 Å². The third kappa shape index (κ3) is 4.43. The number of anilines is 1. The third-order valence-corrected chi connectivity index (χ3v) is 8.15. The van der Waals surface area contributed by atoms with Crippen LogP contribution in [0.1, 0.15) is 32.7 Å². The van der Waals surface area contributed by atoms with Crippen molar-refractivity contribution < 1.29 is 17.9 Å². The standard InChI is InChI=1S/C20H25N5O4S2/c1-13(2)24-11-18(21-12-24)31(27,28)25-8-6-14(7-9-25)19(26)23-20-22-16-5-4-15(29-3)10-17(16)30-20/h4-5,10-14H,6-9H2,1-3H3,(H,22,23,26). The number of ether oxygens (including phenoxy) is 1. The molecule has 0 atom stereocenters. The lowest BCUT2D eigenvalue weighted by Gasteiger charge is -2.29. The minimum atomic E-state index is -3.66. The Morgan fingerprint density at radius 2 is 2.03 bits per heavy atom. The van der Waals surface area contributed by atoms with E-state index in [-0.39, 0.29) is 36.0 Å². The first-order valence-electron chi connectivity index (χ1n) is 10.1. The lowest BCUT2D eigenvalue weighted by Crippen LogP contribution is -2.41. The van der Waals surface area contributed by atoms with Crippen molar-refractivity contribution in [3.63, 3.8) is 0 Å². The maximum Gasteiger partial charge on any atom is 0.262 e. The van der Waals surface area contributed by atoms with Gasteiger partial charge in [0.25, 0.3) is 10.0 Å². The zero-order chi connectivity index (χ0) is 22.2. The van der Waals surface area contributed by atoms with Crippen LogP contribution in [0.5, 0.6) is 5.75 Å². The molecule has 1 aliphatic heterocycles. The first kappa shape index (κ1) is 21.7. The minimum Gasteiger partial charge on any atom is -0.497 e. The Morgan fingerprint density at radius 1 is 1.29 bits per heavy atom. The van der Waals surface area contributed by atoms with E-state index < -0.39 is 10.0 Å². The van der Waals surface area contributed by atoms with Crippen LogP contribution in [-0.4, -0.2) is 53.4 Å². The van der Waals surface area contributed by atoms with Crippen molar-refractivity contribution in [2.45, 2.75) is 37.8 Å². The van der Waals surface area contributed by atoms with Gasteiger partial charge in [-0.1, -0.05) is 11.3 Å². The number of benzene rings is 1. The normalized spacial score (nSPS) is 16.1. The molecule has 3 aromatic rings. The van der Waals surface area contributed by atoms with Crippen molar-refractivity contribution in [2.75, 3.05) is 25.5 Å². The molecular weight excluding hydrogens is 438 g/mol. The van der Waals surface area contributed by atoms with Crippen LogP contribution in [0.4, 0.5) is 5.13 Å². The van der Waals surface area contributed by atoms with E-state index in [2.05, 4.69) is 15.3 Å². The number of aromatic nitrogens is 3. The first-order valence-corrected chi connectivity index (χ1v) is 12.3. The van der Waals surface area contributed by atoms with Gasteiger partial charge >= 0.3 is 0 Å². The van der Waals surface area contributed by atoms with E-state index in [0.29, 0.717) is 18.0 Å². The number of hydrogen-bond acceptors (Lipinski definition) is 7. The number of nitrogens with one attached hydrogen (secondary N) is 1. The van der Waals surface area contributed by atoms with Crippen molar-refractivity contribution in [1.82, 2.24) is 18.8 Å². The molecule has 1 aromatic carbocycles. The highest BCUT2D eigenvalue weighted by molar-refractivity contribution is 7.89. The van der Waals surface area contributed by atoms with Gasteiger partial charge in [0.2, 0.25) is 5.91 Å². The Kier molecular flexibility index (Phi) is 6.00. The molecule has 0 spiro atoms. The summed E-state index contributed by atoms with van der Waals surface area (Å²) in [5.41, 5.74) is 0.794. The van der Waals surface area contributed by atoms with Crippen molar-refractivity contribution in [3.8, 4) is 5.75 Å². The van der Waals surface area contributed by atoms with E-state index in [1.165, 1.54) is 22.0 Å². The number of hydrogen-bond donors (Lipinski definition) is 1. The second-order valence-electron chi connectivity index (χ2n) is 7.77. The van der Waals surface area contributed by atoms with Gasteiger partial charge < -0.3 is 14.6 Å². The number of fused-ring (bicyclic) bond motifs is 1. The maximum absolute atomic E-state index is 12.9. The van der Waals surface area contributed by atoms with Gasteiger partial charge in [0.05, 0.1) is 23.7 Å². The van der Waals surface area contributed by atoms with Crippen LogP contribution in [0.2, 0.25) is 0 Å². The summed E-state index contributed by atoms with van der Waals surface area (Å²) in [6, 6.07) is 5.69. The van der Waals surface area contributed by atoms with E-state index in [0.717, 1.165) is 16.0 Å². The van der Waals surface area contributed by atoms with Crippen LogP contribution in [0.3, 0.4) is 0 Å². The molecule has 11 heteroatoms. The summed E-state index contributed by atoms with van der Waals surface area (Å²) in [5, 5.41) is 3.46. The zero-order valence-electron chi connectivity index (χ0n) is 17.6. The van der Waals surface area contributed by atoms with E-state index in [1.54, 1.807) is 17.9 Å². The smallest absolute Gasteiger partial charge is 0.262 e. The summed E-state index contributed by atoms with van der Waals surface area (Å²) in [6.07, 6.45) is 4.00. The summed E-state index contributed by atoms with van der Waals surface area (Å²) < 4.78 is 35.1. The van der Waals surface area contributed by atoms with Gasteiger partial charge in [0, 0.05) is 31.2 Å². The second-order valence-corrected chi connectivity index (χ2v) is 10.7. The summed E-state index contributed by atoms with van der Waals surface area (Å²) in [5.74, 6) is 0.342. The summed E-state index contributed by atoms with van der Waals surface area (Å²) in [4.78, 5) is 21.2. The predicted molar refractivity (Wildman–Crippen MR) is 119 cm³/mol. The molecule has 1 fully saturated rings. The lowest BCUT2D eigenvalue weighted by molar-refractivity contribution is -0.120. The number of nitrogens with zero attached hydrogens (tertiary/aromatic N) is 4.